The van der Waals surface area contributed by atoms with Gasteiger partial charge in [-0.05, 0) is 25.7 Å². The summed E-state index contributed by atoms with van der Waals surface area (Å²) in [5.74, 6) is 0.452. The number of hydrogen-bond donors (Lipinski definition) is 3. The van der Waals surface area contributed by atoms with Crippen molar-refractivity contribution in [3.63, 3.8) is 0 Å². The maximum absolute atomic E-state index is 11.7. The molecule has 0 aromatic rings. The van der Waals surface area contributed by atoms with Gasteiger partial charge in [0, 0.05) is 12.6 Å². The molecule has 0 aromatic carbocycles. The lowest BCUT2D eigenvalue weighted by Gasteiger charge is -2.27. The number of amides is 1. The van der Waals surface area contributed by atoms with Crippen LogP contribution in [0.5, 0.6) is 0 Å². The van der Waals surface area contributed by atoms with Crippen LogP contribution in [-0.2, 0) is 4.79 Å². The van der Waals surface area contributed by atoms with E-state index in [4.69, 9.17) is 0 Å². The summed E-state index contributed by atoms with van der Waals surface area (Å²) < 4.78 is 0. The lowest BCUT2D eigenvalue weighted by atomic mass is 9.94. The van der Waals surface area contributed by atoms with Crippen molar-refractivity contribution in [2.75, 3.05) is 13.1 Å². The van der Waals surface area contributed by atoms with Gasteiger partial charge in [0.05, 0.1) is 12.1 Å². The topological polar surface area (TPSA) is 61.4 Å². The molecule has 4 nitrogen and oxygen atoms in total. The van der Waals surface area contributed by atoms with Crippen LogP contribution >= 0.6 is 0 Å². The van der Waals surface area contributed by atoms with Crippen molar-refractivity contribution in [3.8, 4) is 0 Å². The third-order valence-corrected chi connectivity index (χ3v) is 4.16. The first-order valence-electron chi connectivity index (χ1n) is 7.65. The Morgan fingerprint density at radius 1 is 1.16 bits per heavy atom. The summed E-state index contributed by atoms with van der Waals surface area (Å²) in [6, 6.07) is 0.190. The first kappa shape index (κ1) is 16.4. The molecule has 19 heavy (non-hydrogen) atoms. The fourth-order valence-corrected chi connectivity index (χ4v) is 2.44. The van der Waals surface area contributed by atoms with E-state index >= 15 is 0 Å². The first-order chi connectivity index (χ1) is 8.93. The van der Waals surface area contributed by atoms with Gasteiger partial charge in [-0.15, -0.1) is 0 Å². The normalized spacial score (nSPS) is 20.9. The van der Waals surface area contributed by atoms with Gasteiger partial charge < -0.3 is 15.7 Å². The second-order valence-corrected chi connectivity index (χ2v) is 6.34. The highest BCUT2D eigenvalue weighted by atomic mass is 16.3. The van der Waals surface area contributed by atoms with Crippen molar-refractivity contribution in [1.29, 1.82) is 0 Å². The van der Waals surface area contributed by atoms with Crippen LogP contribution in [-0.4, -0.2) is 35.7 Å². The van der Waals surface area contributed by atoms with Gasteiger partial charge in [-0.2, -0.15) is 0 Å². The average Bonchev–Trinajstić information content (AvgIpc) is 2.54. The third kappa shape index (κ3) is 6.39. The zero-order valence-corrected chi connectivity index (χ0v) is 12.7. The summed E-state index contributed by atoms with van der Waals surface area (Å²) in [6.07, 6.45) is 6.32. The molecule has 0 heterocycles. The molecule has 1 fully saturated rings. The van der Waals surface area contributed by atoms with Crippen molar-refractivity contribution < 1.29 is 9.90 Å². The highest BCUT2D eigenvalue weighted by molar-refractivity contribution is 5.78. The van der Waals surface area contributed by atoms with Crippen molar-refractivity contribution in [2.24, 2.45) is 5.92 Å². The number of rotatable bonds is 6. The van der Waals surface area contributed by atoms with Crippen molar-refractivity contribution in [3.05, 3.63) is 0 Å². The van der Waals surface area contributed by atoms with Crippen LogP contribution in [0.3, 0.4) is 0 Å². The zero-order chi connectivity index (χ0) is 14.3. The van der Waals surface area contributed by atoms with Crippen LogP contribution in [0.2, 0.25) is 0 Å². The van der Waals surface area contributed by atoms with Crippen LogP contribution in [0.1, 0.15) is 59.3 Å². The summed E-state index contributed by atoms with van der Waals surface area (Å²) in [7, 11) is 0. The van der Waals surface area contributed by atoms with Crippen molar-refractivity contribution in [2.45, 2.75) is 70.9 Å². The van der Waals surface area contributed by atoms with E-state index in [0.29, 0.717) is 19.0 Å². The maximum Gasteiger partial charge on any atom is 0.234 e. The Morgan fingerprint density at radius 3 is 2.26 bits per heavy atom. The van der Waals surface area contributed by atoms with Gasteiger partial charge >= 0.3 is 0 Å². The maximum atomic E-state index is 11.7. The predicted molar refractivity (Wildman–Crippen MR) is 78.0 cm³/mol. The van der Waals surface area contributed by atoms with E-state index in [1.165, 1.54) is 12.8 Å². The number of nitrogens with one attached hydrogen (secondary N) is 2. The van der Waals surface area contributed by atoms with Crippen LogP contribution in [0.4, 0.5) is 0 Å². The molecule has 1 amide bonds. The average molecular weight is 270 g/mol. The quantitative estimate of drug-likeness (QED) is 0.645. The molecule has 0 radical (unpaired) electrons. The predicted octanol–water partition coefficient (Wildman–Crippen LogP) is 1.82. The minimum absolute atomic E-state index is 0.0124. The molecular weight excluding hydrogens is 240 g/mol. The molecule has 1 rings (SSSR count). The van der Waals surface area contributed by atoms with Gasteiger partial charge in [-0.1, -0.05) is 39.5 Å². The number of hydrogen-bond acceptors (Lipinski definition) is 3. The Bertz CT molecular complexity index is 271. The molecule has 1 saturated carbocycles. The first-order valence-corrected chi connectivity index (χ1v) is 7.65. The van der Waals surface area contributed by atoms with E-state index < -0.39 is 5.60 Å². The summed E-state index contributed by atoms with van der Waals surface area (Å²) in [6.45, 7) is 7.01. The molecule has 1 unspecified atom stereocenters. The highest BCUT2D eigenvalue weighted by Crippen LogP contribution is 2.26. The van der Waals surface area contributed by atoms with E-state index in [1.54, 1.807) is 0 Å². The fraction of sp³-hybridized carbons (Fsp3) is 0.933. The standard InChI is InChI=1S/C15H30N2O2/c1-12(2)13(3)17-14(18)10-16-11-15(19)8-6-4-5-7-9-15/h12-13,16,19H,4-11H2,1-3H3,(H,17,18). The van der Waals surface area contributed by atoms with Gasteiger partial charge in [-0.3, -0.25) is 4.79 Å². The minimum atomic E-state index is -0.611. The van der Waals surface area contributed by atoms with Gasteiger partial charge in [0.2, 0.25) is 5.91 Å². The molecule has 1 aliphatic rings. The summed E-state index contributed by atoms with van der Waals surface area (Å²) in [4.78, 5) is 11.7. The van der Waals surface area contributed by atoms with E-state index in [9.17, 15) is 9.90 Å². The van der Waals surface area contributed by atoms with Crippen molar-refractivity contribution >= 4 is 5.91 Å². The molecule has 0 aliphatic heterocycles. The molecule has 1 aliphatic carbocycles. The van der Waals surface area contributed by atoms with E-state index in [-0.39, 0.29) is 11.9 Å². The van der Waals surface area contributed by atoms with Crippen LogP contribution in [0, 0.1) is 5.92 Å². The van der Waals surface area contributed by atoms with Gasteiger partial charge in [0.25, 0.3) is 0 Å². The second kappa shape index (κ2) is 7.85. The van der Waals surface area contributed by atoms with Gasteiger partial charge in [-0.25, -0.2) is 0 Å². The molecule has 0 spiro atoms. The molecule has 0 bridgehead atoms. The molecule has 112 valence electrons. The minimum Gasteiger partial charge on any atom is -0.389 e. The van der Waals surface area contributed by atoms with Crippen LogP contribution < -0.4 is 10.6 Å². The monoisotopic (exact) mass is 270 g/mol. The van der Waals surface area contributed by atoms with E-state index in [1.807, 2.05) is 6.92 Å². The Hall–Kier alpha value is -0.610. The molecule has 1 atom stereocenters. The van der Waals surface area contributed by atoms with E-state index in [2.05, 4.69) is 24.5 Å². The number of carbonyl (C=O) groups is 1. The Balaban J connectivity index is 2.23. The van der Waals surface area contributed by atoms with Crippen molar-refractivity contribution in [1.82, 2.24) is 10.6 Å². The summed E-state index contributed by atoms with van der Waals surface area (Å²) >= 11 is 0. The highest BCUT2D eigenvalue weighted by Gasteiger charge is 2.27. The molecule has 0 aromatic heterocycles. The molecular formula is C15H30N2O2. The van der Waals surface area contributed by atoms with Crippen LogP contribution in [0.15, 0.2) is 0 Å². The van der Waals surface area contributed by atoms with Crippen LogP contribution in [0.25, 0.3) is 0 Å². The smallest absolute Gasteiger partial charge is 0.234 e. The number of carbonyl (C=O) groups excluding carboxylic acids is 1. The summed E-state index contributed by atoms with van der Waals surface area (Å²) in [5.41, 5.74) is -0.611. The van der Waals surface area contributed by atoms with E-state index in [0.717, 1.165) is 25.7 Å². The molecule has 3 N–H and O–H groups in total. The summed E-state index contributed by atoms with van der Waals surface area (Å²) in [5, 5.41) is 16.5. The SMILES string of the molecule is CC(C)C(C)NC(=O)CNCC1(O)CCCCCC1. The Kier molecular flexibility index (Phi) is 6.80. The lowest BCUT2D eigenvalue weighted by Crippen LogP contribution is -2.46. The third-order valence-electron chi connectivity index (χ3n) is 4.16. The largest absolute Gasteiger partial charge is 0.389 e. The zero-order valence-electron chi connectivity index (χ0n) is 12.7. The molecule has 4 heteroatoms. The van der Waals surface area contributed by atoms with Gasteiger partial charge in [0.1, 0.15) is 0 Å². The Morgan fingerprint density at radius 2 is 1.74 bits per heavy atom. The lowest BCUT2D eigenvalue weighted by molar-refractivity contribution is -0.121. The van der Waals surface area contributed by atoms with Gasteiger partial charge in [0.15, 0.2) is 0 Å². The Labute approximate surface area is 117 Å². The second-order valence-electron chi connectivity index (χ2n) is 6.34. The fourth-order valence-electron chi connectivity index (χ4n) is 2.44. The molecule has 0 saturated heterocycles. The number of aliphatic hydroxyl groups is 1.